The van der Waals surface area contributed by atoms with Crippen molar-refractivity contribution in [1.82, 2.24) is 4.57 Å². The van der Waals surface area contributed by atoms with E-state index in [1.165, 1.54) is 17.0 Å². The monoisotopic (exact) mass is 220 g/mol. The maximum Gasteiger partial charge on any atom is 0.0481 e. The molecule has 0 atom stereocenters. The quantitative estimate of drug-likeness (QED) is 0.780. The highest BCUT2D eigenvalue weighted by molar-refractivity contribution is 5.47. The number of nitrogens with two attached hydrogens (primary N) is 1. The van der Waals surface area contributed by atoms with E-state index in [1.54, 1.807) is 0 Å². The first-order valence-electron chi connectivity index (χ1n) is 5.96. The van der Waals surface area contributed by atoms with Crippen LogP contribution in [0, 0.1) is 33.1 Å². The van der Waals surface area contributed by atoms with Crippen LogP contribution in [0.2, 0.25) is 0 Å². The highest BCUT2D eigenvalue weighted by Gasteiger charge is 2.11. The fourth-order valence-corrected chi connectivity index (χ4v) is 1.84. The smallest absolute Gasteiger partial charge is 0.0481 e. The number of aromatic nitrogens is 1. The van der Waals surface area contributed by atoms with Crippen LogP contribution in [0.4, 0.5) is 0 Å². The lowest BCUT2D eigenvalue weighted by atomic mass is 10.1. The molecule has 0 aromatic carbocycles. The summed E-state index contributed by atoms with van der Waals surface area (Å²) in [7, 11) is 0. The lowest BCUT2D eigenvalue weighted by molar-refractivity contribution is 0.624. The number of hydrogen-bond acceptors (Lipinski definition) is 1. The Hall–Kier alpha value is -1.20. The summed E-state index contributed by atoms with van der Waals surface area (Å²) in [4.78, 5) is 0. The zero-order valence-electron chi connectivity index (χ0n) is 11.2. The molecule has 0 aliphatic heterocycles. The van der Waals surface area contributed by atoms with Crippen molar-refractivity contribution in [3.63, 3.8) is 0 Å². The zero-order chi connectivity index (χ0) is 12.7. The van der Waals surface area contributed by atoms with Gasteiger partial charge in [-0.15, -0.1) is 6.42 Å². The SMILES string of the molecule is C#Cc1c(C)c(C)n(CCCN)c1C.CC. The molecule has 2 heteroatoms. The molecule has 1 aromatic rings. The molecular weight excluding hydrogens is 196 g/mol. The van der Waals surface area contributed by atoms with Crippen molar-refractivity contribution >= 4 is 0 Å². The molecule has 2 nitrogen and oxygen atoms in total. The largest absolute Gasteiger partial charge is 0.348 e. The molecule has 0 amide bonds. The van der Waals surface area contributed by atoms with Crippen LogP contribution in [-0.4, -0.2) is 11.1 Å². The molecule has 16 heavy (non-hydrogen) atoms. The van der Waals surface area contributed by atoms with Gasteiger partial charge in [0.2, 0.25) is 0 Å². The van der Waals surface area contributed by atoms with Crippen molar-refractivity contribution in [2.24, 2.45) is 5.73 Å². The molecule has 2 N–H and O–H groups in total. The predicted octanol–water partition coefficient (Wildman–Crippen LogP) is 2.77. The lowest BCUT2D eigenvalue weighted by Crippen LogP contribution is -2.08. The first-order chi connectivity index (χ1) is 7.63. The van der Waals surface area contributed by atoms with Crippen LogP contribution in [0.15, 0.2) is 0 Å². The van der Waals surface area contributed by atoms with Crippen LogP contribution in [0.1, 0.15) is 42.8 Å². The van der Waals surface area contributed by atoms with Crippen molar-refractivity contribution in [3.05, 3.63) is 22.5 Å². The first-order valence-corrected chi connectivity index (χ1v) is 5.96. The summed E-state index contributed by atoms with van der Waals surface area (Å²) in [5.41, 5.74) is 10.2. The van der Waals surface area contributed by atoms with Gasteiger partial charge in [0.15, 0.2) is 0 Å². The molecule has 0 fully saturated rings. The van der Waals surface area contributed by atoms with Crippen LogP contribution in [0.3, 0.4) is 0 Å². The Morgan fingerprint density at radius 1 is 1.19 bits per heavy atom. The van der Waals surface area contributed by atoms with Gasteiger partial charge in [0.05, 0.1) is 0 Å². The van der Waals surface area contributed by atoms with Gasteiger partial charge in [-0.1, -0.05) is 19.8 Å². The molecule has 0 saturated heterocycles. The van der Waals surface area contributed by atoms with E-state index < -0.39 is 0 Å². The number of nitrogens with zero attached hydrogens (tertiary/aromatic N) is 1. The van der Waals surface area contributed by atoms with E-state index in [0.717, 1.165) is 25.1 Å². The van der Waals surface area contributed by atoms with Crippen LogP contribution in [0.25, 0.3) is 0 Å². The molecule has 90 valence electrons. The fourth-order valence-electron chi connectivity index (χ4n) is 1.84. The molecule has 1 heterocycles. The number of hydrogen-bond donors (Lipinski definition) is 1. The van der Waals surface area contributed by atoms with Gasteiger partial charge in [-0.2, -0.15) is 0 Å². The van der Waals surface area contributed by atoms with Gasteiger partial charge in [0.1, 0.15) is 0 Å². The zero-order valence-corrected chi connectivity index (χ0v) is 11.2. The molecule has 0 aliphatic rings. The lowest BCUT2D eigenvalue weighted by Gasteiger charge is -2.07. The Balaban J connectivity index is 0.00000106. The van der Waals surface area contributed by atoms with Gasteiger partial charge in [-0.05, 0) is 39.3 Å². The van der Waals surface area contributed by atoms with E-state index in [0.29, 0.717) is 0 Å². The summed E-state index contributed by atoms with van der Waals surface area (Å²) in [6.45, 7) is 12.0. The van der Waals surface area contributed by atoms with Crippen LogP contribution in [-0.2, 0) is 6.54 Å². The predicted molar refractivity (Wildman–Crippen MR) is 71.6 cm³/mol. The van der Waals surface area contributed by atoms with Crippen LogP contribution in [0.5, 0.6) is 0 Å². The summed E-state index contributed by atoms with van der Waals surface area (Å²) < 4.78 is 2.26. The molecule has 0 saturated carbocycles. The normalized spacial score (nSPS) is 9.31. The highest BCUT2D eigenvalue weighted by Crippen LogP contribution is 2.20. The van der Waals surface area contributed by atoms with Crippen molar-refractivity contribution in [1.29, 1.82) is 0 Å². The topological polar surface area (TPSA) is 30.9 Å². The minimum Gasteiger partial charge on any atom is -0.348 e. The average molecular weight is 220 g/mol. The van der Waals surface area contributed by atoms with Gasteiger partial charge >= 0.3 is 0 Å². The Labute approximate surface area is 99.8 Å². The maximum atomic E-state index is 5.50. The van der Waals surface area contributed by atoms with E-state index in [2.05, 4.69) is 31.3 Å². The number of rotatable bonds is 3. The Kier molecular flexibility index (Phi) is 6.60. The molecule has 1 rings (SSSR count). The van der Waals surface area contributed by atoms with Gasteiger partial charge in [0.25, 0.3) is 0 Å². The Morgan fingerprint density at radius 3 is 2.12 bits per heavy atom. The Morgan fingerprint density at radius 2 is 1.75 bits per heavy atom. The third kappa shape index (κ3) is 2.90. The fraction of sp³-hybridized carbons (Fsp3) is 0.571. The molecule has 1 aromatic heterocycles. The van der Waals surface area contributed by atoms with E-state index in [4.69, 9.17) is 12.2 Å². The first kappa shape index (κ1) is 14.8. The molecule has 0 radical (unpaired) electrons. The highest BCUT2D eigenvalue weighted by atomic mass is 15.0. The van der Waals surface area contributed by atoms with Gasteiger partial charge in [-0.25, -0.2) is 0 Å². The molecule has 0 spiro atoms. The average Bonchev–Trinajstić information content (AvgIpc) is 2.51. The standard InChI is InChI=1S/C12H18N2.C2H6/c1-5-12-9(2)10(3)14(11(12)4)8-6-7-13;1-2/h1H,6-8,13H2,2-4H3;1-2H3. The third-order valence-electron chi connectivity index (χ3n) is 2.82. The molecule has 0 aliphatic carbocycles. The van der Waals surface area contributed by atoms with E-state index >= 15 is 0 Å². The Bertz CT molecular complexity index is 367. The minimum atomic E-state index is 0.724. The van der Waals surface area contributed by atoms with Crippen molar-refractivity contribution in [2.75, 3.05) is 6.54 Å². The van der Waals surface area contributed by atoms with Gasteiger partial charge in [0, 0.05) is 23.5 Å². The maximum absolute atomic E-state index is 5.50. The molecule has 0 bridgehead atoms. The van der Waals surface area contributed by atoms with E-state index in [1.807, 2.05) is 13.8 Å². The van der Waals surface area contributed by atoms with Crippen LogP contribution >= 0.6 is 0 Å². The van der Waals surface area contributed by atoms with Crippen molar-refractivity contribution < 1.29 is 0 Å². The summed E-state index contributed by atoms with van der Waals surface area (Å²) in [6, 6.07) is 0. The summed E-state index contributed by atoms with van der Waals surface area (Å²) in [5, 5.41) is 0. The van der Waals surface area contributed by atoms with Crippen LogP contribution < -0.4 is 5.73 Å². The second-order valence-electron chi connectivity index (χ2n) is 3.61. The number of terminal acetylenes is 1. The van der Waals surface area contributed by atoms with Gasteiger partial charge < -0.3 is 10.3 Å². The minimum absolute atomic E-state index is 0.724. The molecule has 0 unspecified atom stereocenters. The van der Waals surface area contributed by atoms with E-state index in [-0.39, 0.29) is 0 Å². The van der Waals surface area contributed by atoms with E-state index in [9.17, 15) is 0 Å². The third-order valence-corrected chi connectivity index (χ3v) is 2.82. The second-order valence-corrected chi connectivity index (χ2v) is 3.61. The van der Waals surface area contributed by atoms with Crippen molar-refractivity contribution in [3.8, 4) is 12.3 Å². The summed E-state index contributed by atoms with van der Waals surface area (Å²) in [6.07, 6.45) is 6.47. The van der Waals surface area contributed by atoms with Crippen molar-refractivity contribution in [2.45, 2.75) is 47.6 Å². The molecular formula is C14H24N2. The second kappa shape index (κ2) is 7.14. The van der Waals surface area contributed by atoms with Gasteiger partial charge in [-0.3, -0.25) is 0 Å². The summed E-state index contributed by atoms with van der Waals surface area (Å²) >= 11 is 0. The summed E-state index contributed by atoms with van der Waals surface area (Å²) in [5.74, 6) is 2.75.